The molecule has 2 rings (SSSR count). The van der Waals surface area contributed by atoms with Gasteiger partial charge in [0.1, 0.15) is 11.6 Å². The van der Waals surface area contributed by atoms with E-state index in [2.05, 4.69) is 10.6 Å². The number of hydrogen-bond donors (Lipinski definition) is 2. The van der Waals surface area contributed by atoms with Gasteiger partial charge in [-0.2, -0.15) is 0 Å². The van der Waals surface area contributed by atoms with Crippen LogP contribution in [0.4, 0.5) is 4.39 Å². The molecule has 6 heteroatoms. The molecule has 0 aliphatic rings. The molecule has 2 N–H and O–H groups in total. The Kier molecular flexibility index (Phi) is 7.43. The van der Waals surface area contributed by atoms with Gasteiger partial charge in [0.15, 0.2) is 0 Å². The van der Waals surface area contributed by atoms with Gasteiger partial charge in [-0.05, 0) is 29.8 Å². The molecule has 2 aromatic rings. The first kappa shape index (κ1) is 18.4. The van der Waals surface area contributed by atoms with Crippen LogP contribution in [0.1, 0.15) is 12.0 Å². The summed E-state index contributed by atoms with van der Waals surface area (Å²) in [6.45, 7) is 0.984. The van der Waals surface area contributed by atoms with E-state index in [4.69, 9.17) is 4.74 Å². The zero-order valence-electron chi connectivity index (χ0n) is 13.8. The van der Waals surface area contributed by atoms with Crippen LogP contribution in [0.3, 0.4) is 0 Å². The summed E-state index contributed by atoms with van der Waals surface area (Å²) in [6, 6.07) is 15.1. The molecular formula is C19H21FN2O3. The number of halogens is 1. The third-order valence-corrected chi connectivity index (χ3v) is 3.39. The summed E-state index contributed by atoms with van der Waals surface area (Å²) in [6.07, 6.45) is 0.428. The molecule has 0 heterocycles. The Morgan fingerprint density at radius 2 is 1.52 bits per heavy atom. The van der Waals surface area contributed by atoms with Gasteiger partial charge in [-0.15, -0.1) is 0 Å². The Bertz CT molecular complexity index is 675. The van der Waals surface area contributed by atoms with E-state index >= 15 is 0 Å². The molecule has 0 spiro atoms. The summed E-state index contributed by atoms with van der Waals surface area (Å²) in [5.74, 6) is 0.0865. The zero-order chi connectivity index (χ0) is 17.9. The highest BCUT2D eigenvalue weighted by molar-refractivity contribution is 5.79. The van der Waals surface area contributed by atoms with Gasteiger partial charge >= 0.3 is 0 Å². The topological polar surface area (TPSA) is 67.4 Å². The molecule has 132 valence electrons. The van der Waals surface area contributed by atoms with Gasteiger partial charge in [0.2, 0.25) is 11.8 Å². The highest BCUT2D eigenvalue weighted by Crippen LogP contribution is 2.08. The zero-order valence-corrected chi connectivity index (χ0v) is 13.8. The third-order valence-electron chi connectivity index (χ3n) is 3.39. The lowest BCUT2D eigenvalue weighted by Gasteiger charge is -2.08. The average Bonchev–Trinajstić information content (AvgIpc) is 2.62. The van der Waals surface area contributed by atoms with Crippen molar-refractivity contribution >= 4 is 11.8 Å². The largest absolute Gasteiger partial charge is 0.493 e. The number of amides is 2. The molecule has 0 saturated heterocycles. The van der Waals surface area contributed by atoms with E-state index < -0.39 is 0 Å². The number of hydrogen-bond acceptors (Lipinski definition) is 3. The highest BCUT2D eigenvalue weighted by Gasteiger charge is 2.04. The molecule has 0 aliphatic carbocycles. The normalized spacial score (nSPS) is 10.1. The number of para-hydroxylation sites is 1. The van der Waals surface area contributed by atoms with Crippen LogP contribution >= 0.6 is 0 Å². The summed E-state index contributed by atoms with van der Waals surface area (Å²) < 4.78 is 18.2. The van der Waals surface area contributed by atoms with Crippen molar-refractivity contribution in [1.82, 2.24) is 10.6 Å². The summed E-state index contributed by atoms with van der Waals surface area (Å²) in [5, 5.41) is 5.42. The van der Waals surface area contributed by atoms with E-state index in [9.17, 15) is 14.0 Å². The van der Waals surface area contributed by atoms with E-state index in [1.807, 2.05) is 30.3 Å². The van der Waals surface area contributed by atoms with Crippen molar-refractivity contribution in [3.8, 4) is 5.75 Å². The lowest BCUT2D eigenvalue weighted by molar-refractivity contribution is -0.122. The lowest BCUT2D eigenvalue weighted by Crippen LogP contribution is -2.35. The van der Waals surface area contributed by atoms with Crippen molar-refractivity contribution in [3.63, 3.8) is 0 Å². The fourth-order valence-corrected chi connectivity index (χ4v) is 2.12. The quantitative estimate of drug-likeness (QED) is 0.685. The molecule has 2 aromatic carbocycles. The minimum atomic E-state index is -0.330. The number of nitrogens with one attached hydrogen (secondary N) is 2. The van der Waals surface area contributed by atoms with E-state index in [1.165, 1.54) is 12.1 Å². The molecule has 0 bridgehead atoms. The Morgan fingerprint density at radius 3 is 2.20 bits per heavy atom. The number of carbonyl (C=O) groups is 2. The summed E-state index contributed by atoms with van der Waals surface area (Å²) >= 11 is 0. The fourth-order valence-electron chi connectivity index (χ4n) is 2.12. The van der Waals surface area contributed by atoms with E-state index in [-0.39, 0.29) is 30.5 Å². The maximum absolute atomic E-state index is 12.8. The van der Waals surface area contributed by atoms with Crippen molar-refractivity contribution in [2.24, 2.45) is 0 Å². The van der Waals surface area contributed by atoms with Gasteiger partial charge in [0, 0.05) is 13.1 Å². The first-order valence-electron chi connectivity index (χ1n) is 8.09. The molecule has 5 nitrogen and oxygen atoms in total. The van der Waals surface area contributed by atoms with Crippen molar-refractivity contribution in [1.29, 1.82) is 0 Å². The van der Waals surface area contributed by atoms with Crippen molar-refractivity contribution in [3.05, 3.63) is 66.0 Å². The van der Waals surface area contributed by atoms with Crippen LogP contribution in [0.15, 0.2) is 54.6 Å². The van der Waals surface area contributed by atoms with Gasteiger partial charge < -0.3 is 15.4 Å². The smallest absolute Gasteiger partial charge is 0.224 e. The fraction of sp³-hybridized carbons (Fsp3) is 0.263. The molecule has 0 saturated carbocycles. The van der Waals surface area contributed by atoms with Gasteiger partial charge in [-0.3, -0.25) is 9.59 Å². The molecule has 0 unspecified atom stereocenters. The van der Waals surface area contributed by atoms with Crippen LogP contribution in [-0.4, -0.2) is 31.5 Å². The van der Waals surface area contributed by atoms with Crippen molar-refractivity contribution in [2.75, 3.05) is 19.7 Å². The van der Waals surface area contributed by atoms with Gasteiger partial charge in [-0.1, -0.05) is 30.3 Å². The average molecular weight is 344 g/mol. The van der Waals surface area contributed by atoms with E-state index in [1.54, 1.807) is 12.1 Å². The third kappa shape index (κ3) is 7.48. The predicted molar refractivity (Wildman–Crippen MR) is 92.7 cm³/mol. The van der Waals surface area contributed by atoms with Crippen LogP contribution < -0.4 is 15.4 Å². The van der Waals surface area contributed by atoms with Crippen molar-refractivity contribution < 1.29 is 18.7 Å². The minimum absolute atomic E-state index is 0.135. The second-order valence-electron chi connectivity index (χ2n) is 5.41. The SMILES string of the molecule is O=C(CCOc1ccccc1)NCCNC(=O)Cc1ccc(F)cc1. The number of rotatable bonds is 9. The van der Waals surface area contributed by atoms with Crippen molar-refractivity contribution in [2.45, 2.75) is 12.8 Å². The maximum atomic E-state index is 12.8. The highest BCUT2D eigenvalue weighted by atomic mass is 19.1. The van der Waals surface area contributed by atoms with Crippen LogP contribution in [0.2, 0.25) is 0 Å². The van der Waals surface area contributed by atoms with Gasteiger partial charge in [-0.25, -0.2) is 4.39 Å². The first-order chi connectivity index (χ1) is 12.1. The number of benzene rings is 2. The number of ether oxygens (including phenoxy) is 1. The number of carbonyl (C=O) groups excluding carboxylic acids is 2. The van der Waals surface area contributed by atoms with Gasteiger partial charge in [0.25, 0.3) is 0 Å². The lowest BCUT2D eigenvalue weighted by atomic mass is 10.1. The Hall–Kier alpha value is -2.89. The monoisotopic (exact) mass is 344 g/mol. The molecule has 0 aliphatic heterocycles. The second-order valence-corrected chi connectivity index (χ2v) is 5.41. The maximum Gasteiger partial charge on any atom is 0.224 e. The van der Waals surface area contributed by atoms with Crippen LogP contribution in [0.5, 0.6) is 5.75 Å². The summed E-state index contributed by atoms with van der Waals surface area (Å²) in [4.78, 5) is 23.4. The van der Waals surface area contributed by atoms with Crippen LogP contribution in [0, 0.1) is 5.82 Å². The van der Waals surface area contributed by atoms with E-state index in [0.717, 1.165) is 11.3 Å². The van der Waals surface area contributed by atoms with Crippen LogP contribution in [-0.2, 0) is 16.0 Å². The Morgan fingerprint density at radius 1 is 0.880 bits per heavy atom. The summed E-state index contributed by atoms with van der Waals surface area (Å²) in [7, 11) is 0. The summed E-state index contributed by atoms with van der Waals surface area (Å²) in [5.41, 5.74) is 0.737. The predicted octanol–water partition coefficient (Wildman–Crippen LogP) is 2.07. The second kappa shape index (κ2) is 10.1. The Balaban J connectivity index is 1.53. The molecule has 0 atom stereocenters. The molecule has 0 aromatic heterocycles. The molecular weight excluding hydrogens is 323 g/mol. The molecule has 25 heavy (non-hydrogen) atoms. The van der Waals surface area contributed by atoms with Crippen LogP contribution in [0.25, 0.3) is 0 Å². The standard InChI is InChI=1S/C19H21FN2O3/c20-16-8-6-15(7-9-16)14-19(24)22-12-11-21-18(23)10-13-25-17-4-2-1-3-5-17/h1-9H,10-14H2,(H,21,23)(H,22,24). The molecule has 2 amide bonds. The Labute approximate surface area is 146 Å². The first-order valence-corrected chi connectivity index (χ1v) is 8.09. The molecule has 0 radical (unpaired) electrons. The molecule has 0 fully saturated rings. The van der Waals surface area contributed by atoms with Gasteiger partial charge in [0.05, 0.1) is 19.4 Å². The minimum Gasteiger partial charge on any atom is -0.493 e. The van der Waals surface area contributed by atoms with E-state index in [0.29, 0.717) is 19.7 Å².